The van der Waals surface area contributed by atoms with Crippen molar-refractivity contribution >= 4 is 17.7 Å². The molecular weight excluding hydrogens is 174 g/mol. The van der Waals surface area contributed by atoms with Crippen LogP contribution in [0, 0.1) is 0 Å². The van der Waals surface area contributed by atoms with Crippen LogP contribution in [0.5, 0.6) is 0 Å². The molecule has 1 aliphatic rings. The van der Waals surface area contributed by atoms with E-state index in [1.165, 1.54) is 0 Å². The Morgan fingerprint density at radius 2 is 1.92 bits per heavy atom. The van der Waals surface area contributed by atoms with Gasteiger partial charge in [0.05, 0.1) is 0 Å². The molecule has 0 aromatic heterocycles. The predicted octanol–water partition coefficient (Wildman–Crippen LogP) is -1.48. The number of hydrogen-bond acceptors (Lipinski definition) is 4. The van der Waals surface area contributed by atoms with E-state index in [0.29, 0.717) is 19.3 Å². The molecule has 0 radical (unpaired) electrons. The third-order valence-corrected chi connectivity index (χ3v) is 1.85. The third kappa shape index (κ3) is 2.25. The van der Waals surface area contributed by atoms with Gasteiger partial charge in [0.1, 0.15) is 6.54 Å². The van der Waals surface area contributed by atoms with Gasteiger partial charge >= 0.3 is 0 Å². The number of nitrogens with two attached hydrogens (primary N) is 1. The van der Waals surface area contributed by atoms with Crippen molar-refractivity contribution in [3.05, 3.63) is 0 Å². The summed E-state index contributed by atoms with van der Waals surface area (Å²) in [6, 6.07) is 0. The standard InChI is InChI=1S/C7H11N3O3/c8-9-5(11)4-10-6(12)2-1-3-7(10)13/h1-4,8H2,(H,9,11). The van der Waals surface area contributed by atoms with Crippen LogP contribution in [0.4, 0.5) is 0 Å². The summed E-state index contributed by atoms with van der Waals surface area (Å²) in [7, 11) is 0. The lowest BCUT2D eigenvalue weighted by Gasteiger charge is -2.23. The van der Waals surface area contributed by atoms with E-state index in [0.717, 1.165) is 4.90 Å². The first-order valence-corrected chi connectivity index (χ1v) is 3.98. The number of hydrogen-bond donors (Lipinski definition) is 2. The van der Waals surface area contributed by atoms with E-state index in [1.807, 2.05) is 5.43 Å². The Morgan fingerprint density at radius 1 is 1.38 bits per heavy atom. The lowest BCUT2D eigenvalue weighted by atomic mass is 10.1. The minimum atomic E-state index is -0.538. The molecule has 6 nitrogen and oxygen atoms in total. The summed E-state index contributed by atoms with van der Waals surface area (Å²) in [6.07, 6.45) is 1.21. The second kappa shape index (κ2) is 3.99. The van der Waals surface area contributed by atoms with E-state index in [4.69, 9.17) is 5.84 Å². The molecule has 0 atom stereocenters. The van der Waals surface area contributed by atoms with Gasteiger partial charge in [-0.3, -0.25) is 24.7 Å². The molecule has 72 valence electrons. The summed E-state index contributed by atoms with van der Waals surface area (Å²) in [6.45, 7) is -0.270. The highest BCUT2D eigenvalue weighted by molar-refractivity contribution is 6.00. The SMILES string of the molecule is NNC(=O)CN1C(=O)CCCC1=O. The van der Waals surface area contributed by atoms with Gasteiger partial charge in [0.2, 0.25) is 11.8 Å². The van der Waals surface area contributed by atoms with Crippen molar-refractivity contribution in [1.29, 1.82) is 0 Å². The summed E-state index contributed by atoms with van der Waals surface area (Å²) in [5.41, 5.74) is 1.87. The van der Waals surface area contributed by atoms with Gasteiger partial charge in [-0.2, -0.15) is 0 Å². The predicted molar refractivity (Wildman–Crippen MR) is 42.9 cm³/mol. The van der Waals surface area contributed by atoms with Crippen LogP contribution >= 0.6 is 0 Å². The molecule has 13 heavy (non-hydrogen) atoms. The lowest BCUT2D eigenvalue weighted by molar-refractivity contribution is -0.150. The molecule has 6 heteroatoms. The number of piperidine rings is 1. The van der Waals surface area contributed by atoms with Gasteiger partial charge in [0.25, 0.3) is 5.91 Å². The summed E-state index contributed by atoms with van der Waals surface area (Å²) in [5, 5.41) is 0. The smallest absolute Gasteiger partial charge is 0.254 e. The van der Waals surface area contributed by atoms with Crippen LogP contribution in [-0.2, 0) is 14.4 Å². The molecule has 0 aliphatic carbocycles. The van der Waals surface area contributed by atoms with Gasteiger partial charge in [-0.15, -0.1) is 0 Å². The molecule has 1 heterocycles. The lowest BCUT2D eigenvalue weighted by Crippen LogP contribution is -2.47. The second-order valence-corrected chi connectivity index (χ2v) is 2.79. The van der Waals surface area contributed by atoms with Crippen LogP contribution in [0.25, 0.3) is 0 Å². The summed E-state index contributed by atoms with van der Waals surface area (Å²) >= 11 is 0. The molecule has 1 aliphatic heterocycles. The third-order valence-electron chi connectivity index (χ3n) is 1.85. The number of imide groups is 1. The first kappa shape index (κ1) is 9.66. The average Bonchev–Trinajstić information content (AvgIpc) is 2.11. The number of hydrazine groups is 1. The second-order valence-electron chi connectivity index (χ2n) is 2.79. The summed E-state index contributed by atoms with van der Waals surface area (Å²) < 4.78 is 0. The van der Waals surface area contributed by atoms with Gasteiger partial charge in [-0.25, -0.2) is 5.84 Å². The molecule has 0 saturated carbocycles. The number of likely N-dealkylation sites (tertiary alicyclic amines) is 1. The van der Waals surface area contributed by atoms with E-state index in [9.17, 15) is 14.4 Å². The monoisotopic (exact) mass is 185 g/mol. The number of rotatable bonds is 2. The molecule has 0 unspecified atom stereocenters. The Labute approximate surface area is 75.0 Å². The zero-order chi connectivity index (χ0) is 9.84. The van der Waals surface area contributed by atoms with E-state index in [-0.39, 0.29) is 18.4 Å². The van der Waals surface area contributed by atoms with Crippen molar-refractivity contribution < 1.29 is 14.4 Å². The van der Waals surface area contributed by atoms with Gasteiger partial charge < -0.3 is 0 Å². The largest absolute Gasteiger partial charge is 0.293 e. The molecule has 1 fully saturated rings. The van der Waals surface area contributed by atoms with E-state index < -0.39 is 5.91 Å². The van der Waals surface area contributed by atoms with Crippen molar-refractivity contribution in [1.82, 2.24) is 10.3 Å². The molecular formula is C7H11N3O3. The van der Waals surface area contributed by atoms with Gasteiger partial charge in [-0.05, 0) is 6.42 Å². The number of nitrogens with zero attached hydrogens (tertiary/aromatic N) is 1. The molecule has 3 N–H and O–H groups in total. The van der Waals surface area contributed by atoms with Crippen LogP contribution in [-0.4, -0.2) is 29.2 Å². The topological polar surface area (TPSA) is 92.5 Å². The zero-order valence-corrected chi connectivity index (χ0v) is 7.08. The maximum Gasteiger partial charge on any atom is 0.254 e. The molecule has 0 aromatic carbocycles. The van der Waals surface area contributed by atoms with Gasteiger partial charge in [0, 0.05) is 12.8 Å². The maximum absolute atomic E-state index is 11.1. The Hall–Kier alpha value is -1.43. The summed E-state index contributed by atoms with van der Waals surface area (Å²) in [4.78, 5) is 34.0. The Morgan fingerprint density at radius 3 is 2.38 bits per heavy atom. The number of nitrogens with one attached hydrogen (secondary N) is 1. The fourth-order valence-corrected chi connectivity index (χ4v) is 1.17. The highest BCUT2D eigenvalue weighted by atomic mass is 16.2. The zero-order valence-electron chi connectivity index (χ0n) is 7.08. The van der Waals surface area contributed by atoms with Crippen molar-refractivity contribution in [2.24, 2.45) is 5.84 Å². The highest BCUT2D eigenvalue weighted by Crippen LogP contribution is 2.11. The normalized spacial score (nSPS) is 17.5. The number of carbonyl (C=O) groups is 3. The Balaban J connectivity index is 2.59. The van der Waals surface area contributed by atoms with E-state index in [1.54, 1.807) is 0 Å². The van der Waals surface area contributed by atoms with Gasteiger partial charge in [-0.1, -0.05) is 0 Å². The van der Waals surface area contributed by atoms with Crippen LogP contribution in [0.1, 0.15) is 19.3 Å². The van der Waals surface area contributed by atoms with Crippen molar-refractivity contribution in [3.63, 3.8) is 0 Å². The Kier molecular flexibility index (Phi) is 2.97. The Bertz CT molecular complexity index is 235. The minimum Gasteiger partial charge on any atom is -0.293 e. The molecule has 0 aromatic rings. The van der Waals surface area contributed by atoms with Crippen LogP contribution in [0.15, 0.2) is 0 Å². The van der Waals surface area contributed by atoms with Crippen LogP contribution < -0.4 is 11.3 Å². The van der Waals surface area contributed by atoms with Crippen LogP contribution in [0.3, 0.4) is 0 Å². The number of carbonyl (C=O) groups excluding carboxylic acids is 3. The molecule has 0 bridgehead atoms. The first-order valence-electron chi connectivity index (χ1n) is 3.98. The van der Waals surface area contributed by atoms with Crippen LogP contribution in [0.2, 0.25) is 0 Å². The van der Waals surface area contributed by atoms with Crippen molar-refractivity contribution in [3.8, 4) is 0 Å². The van der Waals surface area contributed by atoms with Crippen molar-refractivity contribution in [2.75, 3.05) is 6.54 Å². The van der Waals surface area contributed by atoms with Crippen molar-refractivity contribution in [2.45, 2.75) is 19.3 Å². The highest BCUT2D eigenvalue weighted by Gasteiger charge is 2.27. The average molecular weight is 185 g/mol. The fourth-order valence-electron chi connectivity index (χ4n) is 1.17. The van der Waals surface area contributed by atoms with E-state index in [2.05, 4.69) is 0 Å². The molecule has 1 rings (SSSR count). The molecule has 3 amide bonds. The summed E-state index contributed by atoms with van der Waals surface area (Å²) in [5.74, 6) is 3.68. The van der Waals surface area contributed by atoms with E-state index >= 15 is 0 Å². The molecule has 1 saturated heterocycles. The van der Waals surface area contributed by atoms with Gasteiger partial charge in [0.15, 0.2) is 0 Å². The molecule has 0 spiro atoms. The maximum atomic E-state index is 11.1. The fraction of sp³-hybridized carbons (Fsp3) is 0.571. The number of amides is 3. The first-order chi connectivity index (χ1) is 6.15. The quantitative estimate of drug-likeness (QED) is 0.237. The minimum absolute atomic E-state index is 0.270.